The first kappa shape index (κ1) is 13.2. The van der Waals surface area contributed by atoms with Crippen molar-refractivity contribution in [2.75, 3.05) is 0 Å². The van der Waals surface area contributed by atoms with Crippen LogP contribution in [0.15, 0.2) is 18.2 Å². The summed E-state index contributed by atoms with van der Waals surface area (Å²) in [7, 11) is 0. The van der Waals surface area contributed by atoms with Crippen molar-refractivity contribution in [1.82, 2.24) is 5.32 Å². The molecule has 1 rings (SSSR count). The van der Waals surface area contributed by atoms with Crippen molar-refractivity contribution in [3.8, 4) is 5.75 Å². The lowest BCUT2D eigenvalue weighted by molar-refractivity contribution is 0.188. The standard InChI is InChI=1S/C11H13FINO2/c1-11(2,3)14-10(15)16-8-6-4-5-7(13)9(8)12/h4-6H,1-3H3,(H,14,15). The van der Waals surface area contributed by atoms with E-state index in [1.165, 1.54) is 6.07 Å². The van der Waals surface area contributed by atoms with Crippen LogP contribution in [0, 0.1) is 9.39 Å². The van der Waals surface area contributed by atoms with Gasteiger partial charge < -0.3 is 10.1 Å². The molecule has 0 saturated heterocycles. The Kier molecular flexibility index (Phi) is 4.12. The summed E-state index contributed by atoms with van der Waals surface area (Å²) >= 11 is 1.84. The van der Waals surface area contributed by atoms with Gasteiger partial charge in [-0.05, 0) is 55.5 Å². The first-order chi connectivity index (χ1) is 7.29. The molecule has 16 heavy (non-hydrogen) atoms. The zero-order chi connectivity index (χ0) is 12.3. The third kappa shape index (κ3) is 3.96. The van der Waals surface area contributed by atoms with Crippen molar-refractivity contribution in [3.05, 3.63) is 27.6 Å². The van der Waals surface area contributed by atoms with Crippen molar-refractivity contribution in [2.45, 2.75) is 26.3 Å². The highest BCUT2D eigenvalue weighted by Gasteiger charge is 2.17. The van der Waals surface area contributed by atoms with E-state index in [-0.39, 0.29) is 5.75 Å². The molecule has 0 aliphatic rings. The fourth-order valence-corrected chi connectivity index (χ4v) is 1.47. The summed E-state index contributed by atoms with van der Waals surface area (Å²) in [6, 6.07) is 4.65. The van der Waals surface area contributed by atoms with E-state index in [1.54, 1.807) is 12.1 Å². The summed E-state index contributed by atoms with van der Waals surface area (Å²) in [6.45, 7) is 5.46. The van der Waals surface area contributed by atoms with Gasteiger partial charge in [0.2, 0.25) is 0 Å². The van der Waals surface area contributed by atoms with Crippen LogP contribution < -0.4 is 10.1 Å². The van der Waals surface area contributed by atoms with Crippen LogP contribution in [0.1, 0.15) is 20.8 Å². The molecule has 0 bridgehead atoms. The fourth-order valence-electron chi connectivity index (χ4n) is 0.994. The second-order valence-corrected chi connectivity index (χ2v) is 5.48. The lowest BCUT2D eigenvalue weighted by Gasteiger charge is -2.19. The molecule has 3 nitrogen and oxygen atoms in total. The topological polar surface area (TPSA) is 38.3 Å². The van der Waals surface area contributed by atoms with Crippen molar-refractivity contribution in [2.24, 2.45) is 0 Å². The molecule has 0 unspecified atom stereocenters. The van der Waals surface area contributed by atoms with Crippen LogP contribution >= 0.6 is 22.6 Å². The van der Waals surface area contributed by atoms with Gasteiger partial charge in [-0.25, -0.2) is 9.18 Å². The molecule has 0 aromatic heterocycles. The monoisotopic (exact) mass is 337 g/mol. The van der Waals surface area contributed by atoms with Gasteiger partial charge in [-0.1, -0.05) is 6.07 Å². The molecule has 0 heterocycles. The molecule has 1 aromatic carbocycles. The summed E-state index contributed by atoms with van der Waals surface area (Å²) < 4.78 is 18.8. The van der Waals surface area contributed by atoms with E-state index >= 15 is 0 Å². The Morgan fingerprint density at radius 1 is 1.44 bits per heavy atom. The van der Waals surface area contributed by atoms with Gasteiger partial charge >= 0.3 is 6.09 Å². The Morgan fingerprint density at radius 2 is 2.06 bits per heavy atom. The predicted octanol–water partition coefficient (Wildman–Crippen LogP) is 3.32. The lowest BCUT2D eigenvalue weighted by Crippen LogP contribution is -2.42. The largest absolute Gasteiger partial charge is 0.413 e. The molecule has 0 aliphatic carbocycles. The van der Waals surface area contributed by atoms with Crippen LogP contribution in [0.25, 0.3) is 0 Å². The Bertz CT molecular complexity index is 401. The maximum atomic E-state index is 13.5. The van der Waals surface area contributed by atoms with Crippen LogP contribution in [-0.4, -0.2) is 11.6 Å². The molecular weight excluding hydrogens is 324 g/mol. The summed E-state index contributed by atoms with van der Waals surface area (Å²) in [6.07, 6.45) is -0.659. The maximum Gasteiger partial charge on any atom is 0.413 e. The summed E-state index contributed by atoms with van der Waals surface area (Å²) in [5.74, 6) is -0.583. The van der Waals surface area contributed by atoms with E-state index in [4.69, 9.17) is 4.74 Å². The first-order valence-corrected chi connectivity index (χ1v) is 5.81. The highest BCUT2D eigenvalue weighted by Crippen LogP contribution is 2.21. The zero-order valence-corrected chi connectivity index (χ0v) is 11.5. The first-order valence-electron chi connectivity index (χ1n) is 4.73. The van der Waals surface area contributed by atoms with Gasteiger partial charge in [0, 0.05) is 5.54 Å². The van der Waals surface area contributed by atoms with Crippen LogP contribution in [0.5, 0.6) is 5.75 Å². The van der Waals surface area contributed by atoms with Crippen LogP contribution in [0.4, 0.5) is 9.18 Å². The van der Waals surface area contributed by atoms with E-state index in [2.05, 4.69) is 5.32 Å². The Balaban J connectivity index is 2.74. The second-order valence-electron chi connectivity index (χ2n) is 4.32. The number of benzene rings is 1. The third-order valence-corrected chi connectivity index (χ3v) is 2.43. The number of carbonyl (C=O) groups is 1. The van der Waals surface area contributed by atoms with Gasteiger partial charge in [0.1, 0.15) is 0 Å². The van der Waals surface area contributed by atoms with Gasteiger partial charge in [0.05, 0.1) is 3.57 Å². The number of nitrogens with one attached hydrogen (secondary N) is 1. The van der Waals surface area contributed by atoms with E-state index in [1.807, 2.05) is 43.4 Å². The van der Waals surface area contributed by atoms with E-state index in [0.29, 0.717) is 3.57 Å². The highest BCUT2D eigenvalue weighted by molar-refractivity contribution is 14.1. The molecule has 0 saturated carbocycles. The predicted molar refractivity (Wildman–Crippen MR) is 68.0 cm³/mol. The van der Waals surface area contributed by atoms with Crippen molar-refractivity contribution < 1.29 is 13.9 Å². The molecule has 0 aliphatic heterocycles. The molecule has 1 aromatic rings. The van der Waals surface area contributed by atoms with Crippen molar-refractivity contribution >= 4 is 28.7 Å². The molecule has 1 amide bonds. The van der Waals surface area contributed by atoms with Crippen LogP contribution in [0.3, 0.4) is 0 Å². The molecule has 88 valence electrons. The summed E-state index contributed by atoms with van der Waals surface area (Å²) in [5, 5.41) is 2.58. The molecule has 0 atom stereocenters. The number of rotatable bonds is 1. The average Bonchev–Trinajstić information content (AvgIpc) is 2.09. The number of carbonyl (C=O) groups excluding carboxylic acids is 1. The smallest absolute Gasteiger partial charge is 0.407 e. The summed E-state index contributed by atoms with van der Waals surface area (Å²) in [4.78, 5) is 11.4. The molecule has 1 N–H and O–H groups in total. The number of halogens is 2. The number of hydrogen-bond donors (Lipinski definition) is 1. The molecule has 0 spiro atoms. The number of ether oxygens (including phenoxy) is 1. The van der Waals surface area contributed by atoms with Crippen LogP contribution in [0.2, 0.25) is 0 Å². The number of hydrogen-bond acceptors (Lipinski definition) is 2. The minimum atomic E-state index is -0.659. The minimum absolute atomic E-state index is 0.0614. The van der Waals surface area contributed by atoms with Crippen molar-refractivity contribution in [3.63, 3.8) is 0 Å². The third-order valence-electron chi connectivity index (χ3n) is 1.60. The minimum Gasteiger partial charge on any atom is -0.407 e. The van der Waals surface area contributed by atoms with Crippen LogP contribution in [-0.2, 0) is 0 Å². The normalized spacial score (nSPS) is 11.1. The van der Waals surface area contributed by atoms with Gasteiger partial charge in [-0.15, -0.1) is 0 Å². The fraction of sp³-hybridized carbons (Fsp3) is 0.364. The van der Waals surface area contributed by atoms with Crippen molar-refractivity contribution in [1.29, 1.82) is 0 Å². The molecule has 0 fully saturated rings. The van der Waals surface area contributed by atoms with Gasteiger partial charge in [0.15, 0.2) is 11.6 Å². The van der Waals surface area contributed by atoms with E-state index in [9.17, 15) is 9.18 Å². The quantitative estimate of drug-likeness (QED) is 0.799. The summed E-state index contributed by atoms with van der Waals surface area (Å²) in [5.41, 5.74) is -0.407. The Labute approximate surface area is 108 Å². The average molecular weight is 337 g/mol. The van der Waals surface area contributed by atoms with E-state index < -0.39 is 17.4 Å². The lowest BCUT2D eigenvalue weighted by atomic mass is 10.1. The zero-order valence-electron chi connectivity index (χ0n) is 9.30. The van der Waals surface area contributed by atoms with Gasteiger partial charge in [0.25, 0.3) is 0 Å². The molecule has 5 heteroatoms. The molecule has 0 radical (unpaired) electrons. The maximum absolute atomic E-state index is 13.5. The van der Waals surface area contributed by atoms with Gasteiger partial charge in [-0.3, -0.25) is 0 Å². The Hall–Kier alpha value is -0.850. The van der Waals surface area contributed by atoms with E-state index in [0.717, 1.165) is 0 Å². The SMILES string of the molecule is CC(C)(C)NC(=O)Oc1cccc(I)c1F. The Morgan fingerprint density at radius 3 is 2.62 bits per heavy atom. The molecular formula is C11H13FINO2. The number of amides is 1. The highest BCUT2D eigenvalue weighted by atomic mass is 127. The van der Waals surface area contributed by atoms with Gasteiger partial charge in [-0.2, -0.15) is 0 Å². The second kappa shape index (κ2) is 4.99.